The molecule has 1 fully saturated rings. The molecule has 0 saturated carbocycles. The van der Waals surface area contributed by atoms with Crippen LogP contribution in [0, 0.1) is 11.2 Å². The minimum absolute atomic E-state index is 0.0531. The number of carboxylic acid groups (broad SMARTS) is 1. The van der Waals surface area contributed by atoms with Crippen LogP contribution >= 0.6 is 11.3 Å². The molecule has 9 nitrogen and oxygen atoms in total. The zero-order valence-electron chi connectivity index (χ0n) is 26.7. The molecule has 1 aliphatic rings. The lowest BCUT2D eigenvalue weighted by Gasteiger charge is -2.31. The van der Waals surface area contributed by atoms with Gasteiger partial charge in [-0.15, -0.1) is 11.3 Å². The second-order valence-corrected chi connectivity index (χ2v) is 15.5. The minimum Gasteiger partial charge on any atom is -0.481 e. The molecule has 1 aliphatic heterocycles. The number of nitrogens with zero attached hydrogens (tertiary/aromatic N) is 3. The number of aromatic nitrogens is 2. The quantitative estimate of drug-likeness (QED) is 0.104. The van der Waals surface area contributed by atoms with Crippen LogP contribution in [0.4, 0.5) is 35.1 Å². The Morgan fingerprint density at radius 2 is 1.76 bits per heavy atom. The first-order valence-corrected chi connectivity index (χ1v) is 17.6. The Morgan fingerprint density at radius 3 is 2.30 bits per heavy atom. The Balaban J connectivity index is 1.90. The second kappa shape index (κ2) is 14.4. The maximum atomic E-state index is 16.0. The average Bonchev–Trinajstić information content (AvgIpc) is 3.47. The van der Waals surface area contributed by atoms with Gasteiger partial charge in [0.05, 0.1) is 26.4 Å². The fourth-order valence-electron chi connectivity index (χ4n) is 5.20. The number of halogens is 8. The lowest BCUT2D eigenvalue weighted by molar-refractivity contribution is -0.151. The van der Waals surface area contributed by atoms with Gasteiger partial charge in [-0.25, -0.2) is 31.7 Å². The number of amides is 1. The maximum absolute atomic E-state index is 16.0. The molecule has 4 rings (SSSR count). The monoisotopic (exact) mass is 756 g/mol. The van der Waals surface area contributed by atoms with Crippen LogP contribution in [-0.2, 0) is 26.1 Å². The first kappa shape index (κ1) is 39.0. The van der Waals surface area contributed by atoms with E-state index in [0.29, 0.717) is 17.4 Å². The predicted octanol–water partition coefficient (Wildman–Crippen LogP) is 6.88. The van der Waals surface area contributed by atoms with Crippen molar-refractivity contribution in [3.63, 3.8) is 0 Å². The Hall–Kier alpha value is -3.84. The van der Waals surface area contributed by atoms with E-state index in [2.05, 4.69) is 9.97 Å². The van der Waals surface area contributed by atoms with Crippen LogP contribution in [0.1, 0.15) is 68.2 Å². The summed E-state index contributed by atoms with van der Waals surface area (Å²) < 4.78 is 129. The van der Waals surface area contributed by atoms with Crippen LogP contribution in [0.25, 0.3) is 21.1 Å². The molecule has 0 unspecified atom stereocenters. The van der Waals surface area contributed by atoms with Gasteiger partial charge in [0.1, 0.15) is 22.6 Å². The summed E-state index contributed by atoms with van der Waals surface area (Å²) in [7, 11) is -5.14. The lowest BCUT2D eigenvalue weighted by Crippen LogP contribution is -2.48. The Labute approximate surface area is 285 Å². The molecular weight excluding hydrogens is 724 g/mol. The number of nitrogens with one attached hydrogen (secondary N) is 1. The third-order valence-corrected chi connectivity index (χ3v) is 11.3. The molecule has 19 heteroatoms. The summed E-state index contributed by atoms with van der Waals surface area (Å²) >= 11 is 0.579. The molecule has 3 heterocycles. The van der Waals surface area contributed by atoms with Crippen LogP contribution in [0.5, 0.6) is 0 Å². The number of carbonyl (C=O) groups excluding carboxylic acids is 2. The van der Waals surface area contributed by atoms with Gasteiger partial charge in [-0.3, -0.25) is 23.6 Å². The third kappa shape index (κ3) is 8.20. The Bertz CT molecular complexity index is 1820. The number of thiol groups is 1. The van der Waals surface area contributed by atoms with E-state index in [1.54, 1.807) is 4.72 Å². The third-order valence-electron chi connectivity index (χ3n) is 8.12. The van der Waals surface area contributed by atoms with E-state index >= 15 is 4.39 Å². The Kier molecular flexibility index (Phi) is 11.2. The van der Waals surface area contributed by atoms with E-state index in [0.717, 1.165) is 17.9 Å². The van der Waals surface area contributed by atoms with Gasteiger partial charge in [0.2, 0.25) is 0 Å². The van der Waals surface area contributed by atoms with Gasteiger partial charge >= 0.3 is 12.1 Å². The van der Waals surface area contributed by atoms with Gasteiger partial charge in [0.15, 0.2) is 5.62 Å². The van der Waals surface area contributed by atoms with Crippen molar-refractivity contribution in [2.24, 2.45) is 5.41 Å². The zero-order chi connectivity index (χ0) is 37.4. The van der Waals surface area contributed by atoms with Gasteiger partial charge in [0.25, 0.3) is 18.3 Å². The fourth-order valence-corrected chi connectivity index (χ4v) is 8.08. The van der Waals surface area contributed by atoms with Crippen LogP contribution in [-0.4, -0.2) is 72.9 Å². The molecule has 2 N–H and O–H groups in total. The van der Waals surface area contributed by atoms with Gasteiger partial charge in [-0.2, -0.15) is 13.2 Å². The van der Waals surface area contributed by atoms with Crippen molar-refractivity contribution in [1.29, 1.82) is 0 Å². The number of hydrogen-bond acceptors (Lipinski definition) is 7. The molecule has 0 spiro atoms. The highest BCUT2D eigenvalue weighted by molar-refractivity contribution is 8.13. The van der Waals surface area contributed by atoms with Crippen molar-refractivity contribution in [1.82, 2.24) is 19.6 Å². The van der Waals surface area contributed by atoms with Crippen molar-refractivity contribution < 1.29 is 58.8 Å². The summed E-state index contributed by atoms with van der Waals surface area (Å²) in [5.74, 6) is -7.11. The maximum Gasteiger partial charge on any atom is 0.404 e. The smallest absolute Gasteiger partial charge is 0.404 e. The summed E-state index contributed by atoms with van der Waals surface area (Å²) in [5.41, 5.74) is -4.11. The van der Waals surface area contributed by atoms with Crippen LogP contribution < -0.4 is 4.72 Å². The number of carbonyl (C=O) groups is 3. The molecular formula is C31H32F8N4O5S2. The highest BCUT2D eigenvalue weighted by Gasteiger charge is 2.43. The van der Waals surface area contributed by atoms with Crippen LogP contribution in [0.15, 0.2) is 35.2 Å². The molecule has 1 saturated heterocycles. The van der Waals surface area contributed by atoms with Crippen molar-refractivity contribution in [2.45, 2.75) is 75.9 Å². The summed E-state index contributed by atoms with van der Waals surface area (Å²) in [6, 6.07) is 3.26. The van der Waals surface area contributed by atoms with Crippen molar-refractivity contribution in [3.05, 3.63) is 53.1 Å². The number of carboxylic acids is 1. The number of rotatable bonds is 12. The highest BCUT2D eigenvalue weighted by Crippen LogP contribution is 2.43. The van der Waals surface area contributed by atoms with Crippen LogP contribution in [0.2, 0.25) is 0 Å². The lowest BCUT2D eigenvalue weighted by atomic mass is 9.88. The van der Waals surface area contributed by atoms with E-state index in [1.807, 2.05) is 0 Å². The normalized spacial score (nSPS) is 16.4. The zero-order valence-corrected chi connectivity index (χ0v) is 28.4. The first-order chi connectivity index (χ1) is 23.1. The number of aliphatic carboxylic acids is 1. The number of benzene rings is 1. The summed E-state index contributed by atoms with van der Waals surface area (Å²) in [6.45, 7) is 3.09. The van der Waals surface area contributed by atoms with E-state index in [-0.39, 0.29) is 22.8 Å². The molecule has 0 bridgehead atoms. The molecule has 3 aromatic rings. The minimum atomic E-state index is -5.14. The number of likely N-dealkylation sites (tertiary alicyclic amines) is 1. The van der Waals surface area contributed by atoms with Gasteiger partial charge in [-0.05, 0) is 38.5 Å². The molecule has 1 aromatic carbocycles. The predicted molar refractivity (Wildman–Crippen MR) is 169 cm³/mol. The summed E-state index contributed by atoms with van der Waals surface area (Å²) in [6.07, 6.45) is -11.0. The number of hydrogen-bond donors (Lipinski definition) is 3. The molecule has 1 amide bonds. The van der Waals surface area contributed by atoms with Crippen molar-refractivity contribution in [2.75, 3.05) is 13.1 Å². The SMILES string of the molecule is CC[C@H](N[SH](=O)(C=O)c1ccc(-c2sc(-c3cccc(CC(C)(C)C(=O)O)n3)nc2C(=O)N2CCC(F)(F)CC2)c(C(F)F)c1F)C(F)(F)F. The standard InChI is InChI=1S/C31H32F8N4O5S2/c1-4-20(31(37,38)39)42-50(48,15-44)19-9-8-17(21(22(19)32)25(33)34)24-23(27(45)43-12-10-30(35,36)11-13-43)41-26(49-24)18-7-5-6-16(40-18)14-29(2,3)28(46)47/h5-9,15,20,25,50H,4,10-14H2,1-3H3,(H,42,48)(H,46,47)/t20-/m0/s1. The number of thiazole rings is 1. The van der Waals surface area contributed by atoms with E-state index < -0.39 is 122 Å². The topological polar surface area (TPSA) is 130 Å². The average molecular weight is 757 g/mol. The second-order valence-electron chi connectivity index (χ2n) is 12.3. The van der Waals surface area contributed by atoms with Gasteiger partial charge in [-0.1, -0.05) is 19.1 Å². The summed E-state index contributed by atoms with van der Waals surface area (Å²) in [5, 5.41) is 9.45. The number of alkyl halides is 7. The molecule has 1 atom stereocenters. The van der Waals surface area contributed by atoms with E-state index in [4.69, 9.17) is 0 Å². The van der Waals surface area contributed by atoms with Crippen molar-refractivity contribution in [3.8, 4) is 21.1 Å². The van der Waals surface area contributed by atoms with Gasteiger partial charge in [0, 0.05) is 53.7 Å². The van der Waals surface area contributed by atoms with Crippen molar-refractivity contribution >= 4 is 39.0 Å². The molecule has 2 aromatic heterocycles. The molecule has 274 valence electrons. The molecule has 50 heavy (non-hydrogen) atoms. The summed E-state index contributed by atoms with van der Waals surface area (Å²) in [4.78, 5) is 45.3. The molecule has 0 radical (unpaired) electrons. The molecule has 0 aliphatic carbocycles. The first-order valence-electron chi connectivity index (χ1n) is 15.0. The highest BCUT2D eigenvalue weighted by atomic mass is 32.3. The van der Waals surface area contributed by atoms with Crippen LogP contribution in [0.3, 0.4) is 0 Å². The largest absolute Gasteiger partial charge is 0.481 e. The Morgan fingerprint density at radius 1 is 1.12 bits per heavy atom. The van der Waals surface area contributed by atoms with Gasteiger partial charge < -0.3 is 10.0 Å². The number of pyridine rings is 1. The van der Waals surface area contributed by atoms with E-state index in [1.165, 1.54) is 32.0 Å². The number of piperidine rings is 1. The fraction of sp³-hybridized carbons (Fsp3) is 0.452. The van der Waals surface area contributed by atoms with E-state index in [9.17, 15) is 54.4 Å².